The van der Waals surface area contributed by atoms with Gasteiger partial charge < -0.3 is 4.74 Å². The van der Waals surface area contributed by atoms with Crippen molar-refractivity contribution in [2.24, 2.45) is 0 Å². The maximum absolute atomic E-state index is 11.7. The van der Waals surface area contributed by atoms with Crippen molar-refractivity contribution in [1.29, 1.82) is 0 Å². The number of allylic oxidation sites excluding steroid dienone is 3. The lowest BCUT2D eigenvalue weighted by Crippen LogP contribution is -2.09. The molecule has 0 heterocycles. The van der Waals surface area contributed by atoms with Gasteiger partial charge in [0.1, 0.15) is 5.75 Å². The molecule has 0 aliphatic rings. The fourth-order valence-electron chi connectivity index (χ4n) is 1.15. The van der Waals surface area contributed by atoms with Crippen molar-refractivity contribution in [2.45, 2.75) is 6.92 Å². The van der Waals surface area contributed by atoms with Crippen LogP contribution in [0.3, 0.4) is 0 Å². The molecule has 0 saturated carbocycles. The van der Waals surface area contributed by atoms with Crippen LogP contribution in [0.1, 0.15) is 6.92 Å². The van der Waals surface area contributed by atoms with Crippen LogP contribution in [0.5, 0.6) is 5.75 Å². The highest BCUT2D eigenvalue weighted by molar-refractivity contribution is 5.93. The maximum Gasteiger partial charge on any atom is 0.343 e. The quantitative estimate of drug-likeness (QED) is 0.333. The molecule has 1 rings (SSSR count). The van der Waals surface area contributed by atoms with Crippen molar-refractivity contribution in [2.75, 3.05) is 0 Å². The van der Waals surface area contributed by atoms with Gasteiger partial charge in [-0.05, 0) is 25.1 Å². The third-order valence-corrected chi connectivity index (χ3v) is 1.83. The first-order valence-electron chi connectivity index (χ1n) is 5.00. The second kappa shape index (κ2) is 6.40. The van der Waals surface area contributed by atoms with Gasteiger partial charge in [-0.2, -0.15) is 0 Å². The molecular formula is C14H14O2. The van der Waals surface area contributed by atoms with Crippen LogP contribution in [-0.4, -0.2) is 5.97 Å². The lowest BCUT2D eigenvalue weighted by molar-refractivity contribution is -0.129. The molecule has 16 heavy (non-hydrogen) atoms. The molecule has 1 aromatic carbocycles. The molecule has 0 N–H and O–H groups in total. The second-order valence-corrected chi connectivity index (χ2v) is 3.06. The Labute approximate surface area is 95.6 Å². The summed E-state index contributed by atoms with van der Waals surface area (Å²) < 4.78 is 5.18. The molecule has 0 fully saturated rings. The molecule has 0 unspecified atom stereocenters. The number of para-hydroxylation sites is 1. The number of carbonyl (C=O) groups is 1. The van der Waals surface area contributed by atoms with E-state index >= 15 is 0 Å². The highest BCUT2D eigenvalue weighted by atomic mass is 16.5. The van der Waals surface area contributed by atoms with E-state index in [-0.39, 0.29) is 5.97 Å². The van der Waals surface area contributed by atoms with Crippen LogP contribution in [0.15, 0.2) is 66.8 Å². The van der Waals surface area contributed by atoms with Crippen LogP contribution in [0.2, 0.25) is 0 Å². The second-order valence-electron chi connectivity index (χ2n) is 3.06. The van der Waals surface area contributed by atoms with Gasteiger partial charge in [0.25, 0.3) is 0 Å². The predicted molar refractivity (Wildman–Crippen MR) is 65.2 cm³/mol. The minimum absolute atomic E-state index is 0.385. The van der Waals surface area contributed by atoms with Crippen molar-refractivity contribution < 1.29 is 9.53 Å². The average Bonchev–Trinajstić information content (AvgIpc) is 2.30. The molecule has 0 amide bonds. The summed E-state index contributed by atoms with van der Waals surface area (Å²) in [7, 11) is 0. The van der Waals surface area contributed by atoms with Gasteiger partial charge in [-0.3, -0.25) is 0 Å². The monoisotopic (exact) mass is 214 g/mol. The summed E-state index contributed by atoms with van der Waals surface area (Å²) in [6.07, 6.45) is 6.64. The SMILES string of the molecule is C=C/C=C(\C=C/C)C(=O)Oc1ccccc1. The van der Waals surface area contributed by atoms with Gasteiger partial charge in [0.15, 0.2) is 0 Å². The van der Waals surface area contributed by atoms with E-state index in [1.165, 1.54) is 0 Å². The standard InChI is InChI=1S/C14H14O2/c1-3-8-12(9-4-2)14(15)16-13-10-6-5-7-11-13/h3-11H,1H2,2H3/b9-4-,12-8+. The Morgan fingerprint density at radius 1 is 1.31 bits per heavy atom. The Hall–Kier alpha value is -2.09. The predicted octanol–water partition coefficient (Wildman–Crippen LogP) is 3.28. The molecule has 2 nitrogen and oxygen atoms in total. The summed E-state index contributed by atoms with van der Waals surface area (Å²) >= 11 is 0. The van der Waals surface area contributed by atoms with Gasteiger partial charge in [-0.25, -0.2) is 4.79 Å². The van der Waals surface area contributed by atoms with Crippen LogP contribution in [0.4, 0.5) is 0 Å². The van der Waals surface area contributed by atoms with Crippen LogP contribution >= 0.6 is 0 Å². The van der Waals surface area contributed by atoms with Gasteiger partial charge in [-0.1, -0.05) is 43.0 Å². The van der Waals surface area contributed by atoms with E-state index in [9.17, 15) is 4.79 Å². The molecule has 82 valence electrons. The summed E-state index contributed by atoms with van der Waals surface area (Å²) in [5.74, 6) is 0.149. The molecule has 2 heteroatoms. The van der Waals surface area contributed by atoms with Crippen LogP contribution in [0.25, 0.3) is 0 Å². The Morgan fingerprint density at radius 2 is 2.00 bits per heavy atom. The van der Waals surface area contributed by atoms with Crippen molar-refractivity contribution in [1.82, 2.24) is 0 Å². The highest BCUT2D eigenvalue weighted by Gasteiger charge is 2.07. The first-order chi connectivity index (χ1) is 7.77. The number of hydrogen-bond acceptors (Lipinski definition) is 2. The summed E-state index contributed by atoms with van der Waals surface area (Å²) in [5, 5.41) is 0. The van der Waals surface area contributed by atoms with Crippen LogP contribution in [0, 0.1) is 0 Å². The van der Waals surface area contributed by atoms with E-state index in [0.717, 1.165) is 0 Å². The largest absolute Gasteiger partial charge is 0.423 e. The minimum Gasteiger partial charge on any atom is -0.423 e. The zero-order valence-corrected chi connectivity index (χ0v) is 9.22. The van der Waals surface area contributed by atoms with Gasteiger partial charge in [-0.15, -0.1) is 0 Å². The van der Waals surface area contributed by atoms with Gasteiger partial charge in [0, 0.05) is 0 Å². The fraction of sp³-hybridized carbons (Fsp3) is 0.0714. The molecule has 0 radical (unpaired) electrons. The molecule has 1 aromatic rings. The Bertz CT molecular complexity index is 414. The van der Waals surface area contributed by atoms with Crippen LogP contribution < -0.4 is 4.74 Å². The highest BCUT2D eigenvalue weighted by Crippen LogP contribution is 2.11. The maximum atomic E-state index is 11.7. The smallest absolute Gasteiger partial charge is 0.343 e. The van der Waals surface area contributed by atoms with Crippen LogP contribution in [-0.2, 0) is 4.79 Å². The Kier molecular flexibility index (Phi) is 4.80. The van der Waals surface area contributed by atoms with Crippen molar-refractivity contribution in [3.05, 3.63) is 66.8 Å². The number of hydrogen-bond donors (Lipinski definition) is 0. The van der Waals surface area contributed by atoms with Gasteiger partial charge >= 0.3 is 5.97 Å². The number of carbonyl (C=O) groups excluding carboxylic acids is 1. The molecule has 0 aromatic heterocycles. The third-order valence-electron chi connectivity index (χ3n) is 1.83. The average molecular weight is 214 g/mol. The van der Waals surface area contributed by atoms with Gasteiger partial charge in [0.05, 0.1) is 5.57 Å². The van der Waals surface area contributed by atoms with E-state index in [1.807, 2.05) is 25.1 Å². The molecule has 0 bridgehead atoms. The fourth-order valence-corrected chi connectivity index (χ4v) is 1.15. The zero-order valence-electron chi connectivity index (χ0n) is 9.22. The van der Waals surface area contributed by atoms with E-state index in [0.29, 0.717) is 11.3 Å². The molecule has 0 aliphatic carbocycles. The molecule has 0 saturated heterocycles. The normalized spacial score (nSPS) is 11.4. The van der Waals surface area contributed by atoms with Gasteiger partial charge in [0.2, 0.25) is 0 Å². The number of ether oxygens (including phenoxy) is 1. The van der Waals surface area contributed by atoms with E-state index in [4.69, 9.17) is 4.74 Å². The van der Waals surface area contributed by atoms with Crippen molar-refractivity contribution in [3.63, 3.8) is 0 Å². The molecule has 0 aliphatic heterocycles. The van der Waals surface area contributed by atoms with Crippen molar-refractivity contribution in [3.8, 4) is 5.75 Å². The lowest BCUT2D eigenvalue weighted by Gasteiger charge is -2.03. The zero-order chi connectivity index (χ0) is 11.8. The molecule has 0 spiro atoms. The van der Waals surface area contributed by atoms with E-state index in [1.54, 1.807) is 36.4 Å². The van der Waals surface area contributed by atoms with Crippen molar-refractivity contribution >= 4 is 5.97 Å². The number of rotatable bonds is 4. The Morgan fingerprint density at radius 3 is 2.56 bits per heavy atom. The minimum atomic E-state index is -0.385. The Balaban J connectivity index is 2.78. The summed E-state index contributed by atoms with van der Waals surface area (Å²) in [5.41, 5.74) is 0.473. The molecule has 0 atom stereocenters. The van der Waals surface area contributed by atoms with E-state index in [2.05, 4.69) is 6.58 Å². The lowest BCUT2D eigenvalue weighted by atomic mass is 10.2. The first kappa shape index (κ1) is 12.0. The van der Waals surface area contributed by atoms with E-state index < -0.39 is 0 Å². The summed E-state index contributed by atoms with van der Waals surface area (Å²) in [4.78, 5) is 11.7. The number of esters is 1. The topological polar surface area (TPSA) is 26.3 Å². The molecular weight excluding hydrogens is 200 g/mol. The number of benzene rings is 1. The third kappa shape index (κ3) is 3.58. The first-order valence-corrected chi connectivity index (χ1v) is 5.00. The summed E-state index contributed by atoms with van der Waals surface area (Å²) in [6, 6.07) is 8.96. The summed E-state index contributed by atoms with van der Waals surface area (Å²) in [6.45, 7) is 5.39.